The number of para-hydroxylation sites is 2. The van der Waals surface area contributed by atoms with E-state index in [2.05, 4.69) is 10.5 Å². The van der Waals surface area contributed by atoms with Crippen molar-refractivity contribution in [3.05, 3.63) is 65.2 Å². The predicted octanol–water partition coefficient (Wildman–Crippen LogP) is 3.21. The lowest BCUT2D eigenvalue weighted by Crippen LogP contribution is -2.42. The minimum Gasteiger partial charge on any atom is -0.485 e. The first kappa shape index (κ1) is 16.1. The van der Waals surface area contributed by atoms with Gasteiger partial charge in [0.05, 0.1) is 11.2 Å². The van der Waals surface area contributed by atoms with Gasteiger partial charge in [0.25, 0.3) is 5.91 Å². The number of allylic oxidation sites excluding steroid dienone is 1. The Labute approximate surface area is 144 Å². The zero-order chi connectivity index (χ0) is 16.8. The molecule has 6 heteroatoms. The third-order valence-corrected chi connectivity index (χ3v) is 3.47. The van der Waals surface area contributed by atoms with Crippen LogP contribution in [0.2, 0.25) is 0 Å². The van der Waals surface area contributed by atoms with Gasteiger partial charge in [-0.3, -0.25) is 4.79 Å². The molecule has 1 aliphatic heterocycles. The summed E-state index contributed by atoms with van der Waals surface area (Å²) >= 11 is 6.06. The lowest BCUT2D eigenvalue weighted by Gasteiger charge is -2.24. The van der Waals surface area contributed by atoms with Crippen LogP contribution >= 0.6 is 11.6 Å². The average Bonchev–Trinajstić information content (AvgIpc) is 2.62. The van der Waals surface area contributed by atoms with Gasteiger partial charge in [0.1, 0.15) is 6.61 Å². The number of carbonyl (C=O) groups excluding carboxylic acids is 1. The van der Waals surface area contributed by atoms with Crippen molar-refractivity contribution < 1.29 is 14.3 Å². The fourth-order valence-electron chi connectivity index (χ4n) is 2.12. The summed E-state index contributed by atoms with van der Waals surface area (Å²) in [4.78, 5) is 12.1. The maximum atomic E-state index is 12.1. The zero-order valence-electron chi connectivity index (χ0n) is 12.7. The van der Waals surface area contributed by atoms with Crippen LogP contribution in [0.15, 0.2) is 64.7 Å². The molecular formula is C18H15ClN2O3. The van der Waals surface area contributed by atoms with Crippen molar-refractivity contribution >= 4 is 29.8 Å². The van der Waals surface area contributed by atoms with E-state index in [1.165, 1.54) is 6.21 Å². The molecular weight excluding hydrogens is 328 g/mol. The van der Waals surface area contributed by atoms with Gasteiger partial charge >= 0.3 is 0 Å². The molecule has 1 aliphatic rings. The van der Waals surface area contributed by atoms with E-state index in [4.69, 9.17) is 21.1 Å². The Balaban J connectivity index is 1.55. The van der Waals surface area contributed by atoms with Gasteiger partial charge in [-0.2, -0.15) is 5.10 Å². The molecule has 0 bridgehead atoms. The van der Waals surface area contributed by atoms with Crippen LogP contribution in [-0.4, -0.2) is 24.8 Å². The van der Waals surface area contributed by atoms with Gasteiger partial charge in [0, 0.05) is 0 Å². The summed E-state index contributed by atoms with van der Waals surface area (Å²) in [6.07, 6.45) is 2.35. The molecule has 2 aromatic carbocycles. The van der Waals surface area contributed by atoms with Gasteiger partial charge in [-0.15, -0.1) is 0 Å². The van der Waals surface area contributed by atoms with Crippen LogP contribution in [0.25, 0.3) is 6.08 Å². The van der Waals surface area contributed by atoms with Crippen LogP contribution in [0.3, 0.4) is 0 Å². The molecule has 1 atom stereocenters. The zero-order valence-corrected chi connectivity index (χ0v) is 13.4. The highest BCUT2D eigenvalue weighted by molar-refractivity contribution is 6.41. The molecule has 0 aliphatic carbocycles. The first-order chi connectivity index (χ1) is 11.7. The van der Waals surface area contributed by atoms with Crippen molar-refractivity contribution in [1.29, 1.82) is 0 Å². The third kappa shape index (κ3) is 4.14. The first-order valence-corrected chi connectivity index (χ1v) is 7.74. The summed E-state index contributed by atoms with van der Waals surface area (Å²) in [5.74, 6) is 0.763. The fourth-order valence-corrected chi connectivity index (χ4v) is 2.30. The maximum absolute atomic E-state index is 12.1. The van der Waals surface area contributed by atoms with E-state index in [0.717, 1.165) is 5.56 Å². The summed E-state index contributed by atoms with van der Waals surface area (Å²) in [5.41, 5.74) is 3.35. The highest BCUT2D eigenvalue weighted by Gasteiger charge is 2.26. The molecule has 24 heavy (non-hydrogen) atoms. The summed E-state index contributed by atoms with van der Waals surface area (Å²) < 4.78 is 11.1. The van der Waals surface area contributed by atoms with E-state index in [-0.39, 0.29) is 6.61 Å². The van der Waals surface area contributed by atoms with E-state index in [9.17, 15) is 4.79 Å². The lowest BCUT2D eigenvalue weighted by molar-refractivity contribution is -0.130. The van der Waals surface area contributed by atoms with E-state index in [1.54, 1.807) is 18.2 Å². The van der Waals surface area contributed by atoms with Crippen molar-refractivity contribution in [3.8, 4) is 11.5 Å². The molecule has 1 heterocycles. The average molecular weight is 343 g/mol. The van der Waals surface area contributed by atoms with Crippen LogP contribution in [0.5, 0.6) is 11.5 Å². The molecule has 0 radical (unpaired) electrons. The predicted molar refractivity (Wildman–Crippen MR) is 93.3 cm³/mol. The lowest BCUT2D eigenvalue weighted by atomic mass is 10.2. The number of hydrogen-bond donors (Lipinski definition) is 1. The Bertz CT molecular complexity index is 775. The molecule has 0 spiro atoms. The summed E-state index contributed by atoms with van der Waals surface area (Å²) in [5, 5.41) is 4.23. The number of ether oxygens (including phenoxy) is 2. The van der Waals surface area contributed by atoms with Crippen molar-refractivity contribution in [1.82, 2.24) is 5.43 Å². The number of benzene rings is 2. The standard InChI is InChI=1S/C18H15ClN2O3/c19-14(10-13-6-2-1-3-7-13)11-20-21-18(22)17-12-23-15-8-4-5-9-16(15)24-17/h1-11,17H,12H2,(H,21,22)/b14-10-,20-11-/t17-/m1/s1. The Morgan fingerprint density at radius 3 is 2.62 bits per heavy atom. The van der Waals surface area contributed by atoms with Crippen LogP contribution in [0.4, 0.5) is 0 Å². The number of amides is 1. The molecule has 0 unspecified atom stereocenters. The van der Waals surface area contributed by atoms with E-state index in [1.807, 2.05) is 42.5 Å². The summed E-state index contributed by atoms with van der Waals surface area (Å²) in [6, 6.07) is 16.8. The smallest absolute Gasteiger partial charge is 0.284 e. The van der Waals surface area contributed by atoms with Crippen molar-refractivity contribution in [2.45, 2.75) is 6.10 Å². The highest BCUT2D eigenvalue weighted by Crippen LogP contribution is 2.30. The Kier molecular flexibility index (Phi) is 5.13. The van der Waals surface area contributed by atoms with Gasteiger partial charge in [-0.05, 0) is 23.8 Å². The van der Waals surface area contributed by atoms with Crippen molar-refractivity contribution in [3.63, 3.8) is 0 Å². The Morgan fingerprint density at radius 2 is 1.83 bits per heavy atom. The third-order valence-electron chi connectivity index (χ3n) is 3.27. The van der Waals surface area contributed by atoms with Gasteiger partial charge in [0.15, 0.2) is 11.5 Å². The number of carbonyl (C=O) groups is 1. The topological polar surface area (TPSA) is 59.9 Å². The monoisotopic (exact) mass is 342 g/mol. The second kappa shape index (κ2) is 7.66. The largest absolute Gasteiger partial charge is 0.485 e. The minimum absolute atomic E-state index is 0.131. The normalized spacial score (nSPS) is 16.9. The van der Waals surface area contributed by atoms with E-state index >= 15 is 0 Å². The molecule has 0 aromatic heterocycles. The first-order valence-electron chi connectivity index (χ1n) is 7.36. The van der Waals surface area contributed by atoms with Crippen LogP contribution in [0.1, 0.15) is 5.56 Å². The number of fused-ring (bicyclic) bond motifs is 1. The molecule has 0 fully saturated rings. The van der Waals surface area contributed by atoms with Crippen molar-refractivity contribution in [2.75, 3.05) is 6.61 Å². The van der Waals surface area contributed by atoms with Crippen molar-refractivity contribution in [2.24, 2.45) is 5.10 Å². The van der Waals surface area contributed by atoms with Crippen LogP contribution in [0, 0.1) is 0 Å². The number of hydrogen-bond acceptors (Lipinski definition) is 4. The van der Waals surface area contributed by atoms with Gasteiger partial charge in [0.2, 0.25) is 6.10 Å². The number of nitrogens with zero attached hydrogens (tertiary/aromatic N) is 1. The molecule has 2 aromatic rings. The highest BCUT2D eigenvalue weighted by atomic mass is 35.5. The van der Waals surface area contributed by atoms with Gasteiger partial charge in [-0.25, -0.2) is 5.43 Å². The van der Waals surface area contributed by atoms with E-state index < -0.39 is 12.0 Å². The van der Waals surface area contributed by atoms with Crippen LogP contribution < -0.4 is 14.9 Å². The molecule has 3 rings (SSSR count). The number of halogens is 1. The number of nitrogens with one attached hydrogen (secondary N) is 1. The number of rotatable bonds is 4. The second-order valence-corrected chi connectivity index (χ2v) is 5.47. The van der Waals surface area contributed by atoms with Crippen LogP contribution in [-0.2, 0) is 4.79 Å². The second-order valence-electron chi connectivity index (χ2n) is 5.04. The summed E-state index contributed by atoms with van der Waals surface area (Å²) in [7, 11) is 0. The van der Waals surface area contributed by atoms with Gasteiger partial charge < -0.3 is 9.47 Å². The molecule has 5 nitrogen and oxygen atoms in total. The Morgan fingerprint density at radius 1 is 1.12 bits per heavy atom. The van der Waals surface area contributed by atoms with Gasteiger partial charge in [-0.1, -0.05) is 54.1 Å². The fraction of sp³-hybridized carbons (Fsp3) is 0.111. The number of hydrazone groups is 1. The molecule has 1 amide bonds. The van der Waals surface area contributed by atoms with E-state index in [0.29, 0.717) is 16.5 Å². The molecule has 0 saturated heterocycles. The maximum Gasteiger partial charge on any atom is 0.284 e. The quantitative estimate of drug-likeness (QED) is 0.685. The molecule has 1 N–H and O–H groups in total. The summed E-state index contributed by atoms with van der Waals surface area (Å²) in [6.45, 7) is 0.131. The minimum atomic E-state index is -0.756. The Hall–Kier alpha value is -2.79. The molecule has 122 valence electrons. The SMILES string of the molecule is O=C(N/N=C\C(Cl)=C\c1ccccc1)[C@H]1COc2ccccc2O1. The molecule has 0 saturated carbocycles.